The molecule has 1 N–H and O–H groups in total. The topological polar surface area (TPSA) is 50.2 Å². The Bertz CT molecular complexity index is 950. The standard InChI is InChI=1S/C25H30N4O/c1-20-5-4-13-28(16-20)18-24-7-3-2-6-23(24)15-27-25(30)22-10-8-21(9-11-22)17-29-14-12-26-19-29/h2-3,6-12,14,19-20H,4-5,13,15-18H2,1H3,(H,27,30)/t20-/m1/s1. The predicted molar refractivity (Wildman–Crippen MR) is 119 cm³/mol. The minimum atomic E-state index is -0.0365. The van der Waals surface area contributed by atoms with Gasteiger partial charge in [0, 0.05) is 44.1 Å². The Morgan fingerprint density at radius 3 is 2.63 bits per heavy atom. The van der Waals surface area contributed by atoms with E-state index in [0.717, 1.165) is 37.7 Å². The van der Waals surface area contributed by atoms with Gasteiger partial charge in [-0.25, -0.2) is 4.98 Å². The minimum absolute atomic E-state index is 0.0365. The fourth-order valence-corrected chi connectivity index (χ4v) is 4.19. The summed E-state index contributed by atoms with van der Waals surface area (Å²) in [7, 11) is 0. The number of nitrogens with zero attached hydrogens (tertiary/aromatic N) is 3. The van der Waals surface area contributed by atoms with E-state index in [9.17, 15) is 4.79 Å². The van der Waals surface area contributed by atoms with Crippen LogP contribution in [0.1, 0.15) is 46.8 Å². The van der Waals surface area contributed by atoms with Crippen molar-refractivity contribution in [3.8, 4) is 0 Å². The molecule has 0 radical (unpaired) electrons. The van der Waals surface area contributed by atoms with E-state index in [-0.39, 0.29) is 5.91 Å². The fraction of sp³-hybridized carbons (Fsp3) is 0.360. The van der Waals surface area contributed by atoms with Crippen LogP contribution in [-0.2, 0) is 19.6 Å². The van der Waals surface area contributed by atoms with Crippen LogP contribution in [0, 0.1) is 5.92 Å². The quantitative estimate of drug-likeness (QED) is 0.647. The number of aromatic nitrogens is 2. The zero-order valence-electron chi connectivity index (χ0n) is 17.6. The number of hydrogen-bond acceptors (Lipinski definition) is 3. The second kappa shape index (κ2) is 9.72. The molecule has 1 fully saturated rings. The summed E-state index contributed by atoms with van der Waals surface area (Å²) in [6, 6.07) is 16.2. The van der Waals surface area contributed by atoms with Crippen molar-refractivity contribution in [3.63, 3.8) is 0 Å². The van der Waals surface area contributed by atoms with Gasteiger partial charge in [0.15, 0.2) is 0 Å². The molecule has 2 aromatic carbocycles. The van der Waals surface area contributed by atoms with Gasteiger partial charge in [0.1, 0.15) is 0 Å². The average molecular weight is 403 g/mol. The molecule has 0 bridgehead atoms. The number of imidazole rings is 1. The summed E-state index contributed by atoms with van der Waals surface area (Å²) >= 11 is 0. The van der Waals surface area contributed by atoms with Gasteiger partial charge in [-0.2, -0.15) is 0 Å². The first-order valence-electron chi connectivity index (χ1n) is 10.8. The van der Waals surface area contributed by atoms with Crippen LogP contribution in [0.25, 0.3) is 0 Å². The van der Waals surface area contributed by atoms with Gasteiger partial charge < -0.3 is 9.88 Å². The van der Waals surface area contributed by atoms with E-state index < -0.39 is 0 Å². The maximum absolute atomic E-state index is 12.7. The lowest BCUT2D eigenvalue weighted by atomic mass is 9.99. The van der Waals surface area contributed by atoms with Crippen molar-refractivity contribution in [2.75, 3.05) is 13.1 Å². The number of rotatable bonds is 7. The predicted octanol–water partition coefficient (Wildman–Crippen LogP) is 4.09. The van der Waals surface area contributed by atoms with Crippen molar-refractivity contribution < 1.29 is 4.79 Å². The molecule has 0 unspecified atom stereocenters. The molecule has 4 rings (SSSR count). The zero-order chi connectivity index (χ0) is 20.8. The van der Waals surface area contributed by atoms with Gasteiger partial charge in [0.2, 0.25) is 0 Å². The number of amides is 1. The Morgan fingerprint density at radius 2 is 1.90 bits per heavy atom. The number of piperidine rings is 1. The third-order valence-corrected chi connectivity index (χ3v) is 5.83. The van der Waals surface area contributed by atoms with E-state index in [1.165, 1.54) is 24.0 Å². The minimum Gasteiger partial charge on any atom is -0.348 e. The SMILES string of the molecule is C[C@@H]1CCCN(Cc2ccccc2CNC(=O)c2ccc(Cn3ccnc3)cc2)C1. The summed E-state index contributed by atoms with van der Waals surface area (Å²) in [5.41, 5.74) is 4.33. The molecule has 1 saturated heterocycles. The van der Waals surface area contributed by atoms with Crippen LogP contribution < -0.4 is 5.32 Å². The Labute approximate surface area is 178 Å². The van der Waals surface area contributed by atoms with Crippen molar-refractivity contribution in [1.82, 2.24) is 19.8 Å². The molecular formula is C25H30N4O. The monoisotopic (exact) mass is 402 g/mol. The molecule has 0 spiro atoms. The number of carbonyl (C=O) groups excluding carboxylic acids is 1. The number of likely N-dealkylation sites (tertiary alicyclic amines) is 1. The second-order valence-corrected chi connectivity index (χ2v) is 8.37. The lowest BCUT2D eigenvalue weighted by Crippen LogP contribution is -2.34. The lowest BCUT2D eigenvalue weighted by Gasteiger charge is -2.31. The van der Waals surface area contributed by atoms with Crippen molar-refractivity contribution in [2.45, 2.75) is 39.4 Å². The highest BCUT2D eigenvalue weighted by atomic mass is 16.1. The van der Waals surface area contributed by atoms with Gasteiger partial charge in [-0.15, -0.1) is 0 Å². The van der Waals surface area contributed by atoms with Crippen LogP contribution in [0.4, 0.5) is 0 Å². The molecule has 1 aliphatic heterocycles. The number of carbonyl (C=O) groups is 1. The van der Waals surface area contributed by atoms with Crippen LogP contribution in [0.2, 0.25) is 0 Å². The molecule has 1 aromatic heterocycles. The fourth-order valence-electron chi connectivity index (χ4n) is 4.19. The number of hydrogen-bond donors (Lipinski definition) is 1. The van der Waals surface area contributed by atoms with E-state index in [2.05, 4.69) is 46.4 Å². The summed E-state index contributed by atoms with van der Waals surface area (Å²) in [6.07, 6.45) is 8.10. The van der Waals surface area contributed by atoms with E-state index in [0.29, 0.717) is 12.1 Å². The van der Waals surface area contributed by atoms with Gasteiger partial charge in [0.25, 0.3) is 5.91 Å². The van der Waals surface area contributed by atoms with Gasteiger partial charge in [-0.1, -0.05) is 43.3 Å². The molecule has 0 saturated carbocycles. The lowest BCUT2D eigenvalue weighted by molar-refractivity contribution is 0.0950. The first-order valence-corrected chi connectivity index (χ1v) is 10.8. The smallest absolute Gasteiger partial charge is 0.251 e. The third-order valence-electron chi connectivity index (χ3n) is 5.83. The van der Waals surface area contributed by atoms with E-state index in [1.807, 2.05) is 35.0 Å². The largest absolute Gasteiger partial charge is 0.348 e. The van der Waals surface area contributed by atoms with Gasteiger partial charge in [-0.3, -0.25) is 9.69 Å². The Morgan fingerprint density at radius 1 is 1.10 bits per heavy atom. The molecule has 1 atom stereocenters. The number of nitrogens with one attached hydrogen (secondary N) is 1. The molecule has 1 aliphatic rings. The average Bonchev–Trinajstić information content (AvgIpc) is 3.26. The normalized spacial score (nSPS) is 17.0. The Kier molecular flexibility index (Phi) is 6.60. The third kappa shape index (κ3) is 5.36. The van der Waals surface area contributed by atoms with E-state index in [1.54, 1.807) is 12.5 Å². The molecular weight excluding hydrogens is 372 g/mol. The maximum Gasteiger partial charge on any atom is 0.251 e. The summed E-state index contributed by atoms with van der Waals surface area (Å²) in [5.74, 6) is 0.730. The molecule has 3 aromatic rings. The molecule has 5 nitrogen and oxygen atoms in total. The number of benzene rings is 2. The highest BCUT2D eigenvalue weighted by Gasteiger charge is 2.17. The van der Waals surface area contributed by atoms with Crippen LogP contribution in [0.3, 0.4) is 0 Å². The van der Waals surface area contributed by atoms with Crippen molar-refractivity contribution >= 4 is 5.91 Å². The Balaban J connectivity index is 1.34. The van der Waals surface area contributed by atoms with Crippen molar-refractivity contribution in [3.05, 3.63) is 89.5 Å². The molecule has 5 heteroatoms. The van der Waals surface area contributed by atoms with E-state index in [4.69, 9.17) is 0 Å². The van der Waals surface area contributed by atoms with Gasteiger partial charge in [0.05, 0.1) is 6.33 Å². The molecule has 156 valence electrons. The highest BCUT2D eigenvalue weighted by Crippen LogP contribution is 2.19. The van der Waals surface area contributed by atoms with Crippen LogP contribution >= 0.6 is 0 Å². The first kappa shape index (κ1) is 20.4. The second-order valence-electron chi connectivity index (χ2n) is 8.37. The highest BCUT2D eigenvalue weighted by molar-refractivity contribution is 5.94. The zero-order valence-corrected chi connectivity index (χ0v) is 17.6. The van der Waals surface area contributed by atoms with Crippen LogP contribution in [-0.4, -0.2) is 33.4 Å². The first-order chi connectivity index (χ1) is 14.7. The molecule has 2 heterocycles. The van der Waals surface area contributed by atoms with Crippen LogP contribution in [0.5, 0.6) is 0 Å². The van der Waals surface area contributed by atoms with E-state index >= 15 is 0 Å². The summed E-state index contributed by atoms with van der Waals surface area (Å²) in [6.45, 7) is 6.92. The molecule has 30 heavy (non-hydrogen) atoms. The summed E-state index contributed by atoms with van der Waals surface area (Å²) < 4.78 is 2.01. The van der Waals surface area contributed by atoms with Crippen LogP contribution in [0.15, 0.2) is 67.3 Å². The summed E-state index contributed by atoms with van der Waals surface area (Å²) in [4.78, 5) is 19.2. The maximum atomic E-state index is 12.7. The summed E-state index contributed by atoms with van der Waals surface area (Å²) in [5, 5.41) is 3.09. The van der Waals surface area contributed by atoms with Gasteiger partial charge >= 0.3 is 0 Å². The molecule has 1 amide bonds. The van der Waals surface area contributed by atoms with Gasteiger partial charge in [-0.05, 0) is 54.1 Å². The van der Waals surface area contributed by atoms with Crippen molar-refractivity contribution in [2.24, 2.45) is 5.92 Å². The van der Waals surface area contributed by atoms with Crippen molar-refractivity contribution in [1.29, 1.82) is 0 Å². The molecule has 0 aliphatic carbocycles. The Hall–Kier alpha value is -2.92.